The maximum atomic E-state index is 5.61. The highest BCUT2D eigenvalue weighted by Crippen LogP contribution is 2.21. The molecule has 3 nitrogen and oxygen atoms in total. The molecule has 0 aliphatic heterocycles. The van der Waals surface area contributed by atoms with E-state index in [0.29, 0.717) is 11.8 Å². The molecule has 0 aliphatic carbocycles. The van der Waals surface area contributed by atoms with Crippen molar-refractivity contribution in [1.82, 2.24) is 10.2 Å². The first kappa shape index (κ1) is 12.8. The van der Waals surface area contributed by atoms with Crippen LogP contribution in [0.4, 0.5) is 0 Å². The molecule has 3 aromatic rings. The minimum atomic E-state index is 0.492. The summed E-state index contributed by atoms with van der Waals surface area (Å²) in [7, 11) is 0. The zero-order valence-corrected chi connectivity index (χ0v) is 12.1. The van der Waals surface area contributed by atoms with Gasteiger partial charge in [-0.2, -0.15) is 0 Å². The highest BCUT2D eigenvalue weighted by Gasteiger charge is 2.05. The molecule has 98 valence electrons. The number of aromatic nitrogens is 2. The molecule has 1 aromatic heterocycles. The van der Waals surface area contributed by atoms with Crippen LogP contribution in [0.2, 0.25) is 0 Å². The Labute approximate surface area is 125 Å². The highest BCUT2D eigenvalue weighted by atomic mass is 79.9. The molecule has 1 heterocycles. The number of halogens is 1. The normalized spacial score (nSPS) is 11.1. The fraction of sp³-hybridized carbons (Fsp3) is 0. The van der Waals surface area contributed by atoms with Gasteiger partial charge in [0.05, 0.1) is 0 Å². The Morgan fingerprint density at radius 2 is 1.60 bits per heavy atom. The van der Waals surface area contributed by atoms with Crippen LogP contribution in [-0.4, -0.2) is 10.2 Å². The monoisotopic (exact) mass is 326 g/mol. The molecule has 0 spiro atoms. The van der Waals surface area contributed by atoms with E-state index >= 15 is 0 Å². The van der Waals surface area contributed by atoms with Crippen molar-refractivity contribution in [2.24, 2.45) is 0 Å². The Kier molecular flexibility index (Phi) is 3.74. The fourth-order valence-corrected chi connectivity index (χ4v) is 2.01. The van der Waals surface area contributed by atoms with Gasteiger partial charge in [-0.05, 0) is 35.9 Å². The third kappa shape index (κ3) is 3.03. The van der Waals surface area contributed by atoms with E-state index in [2.05, 4.69) is 26.1 Å². The Morgan fingerprint density at radius 1 is 0.850 bits per heavy atom. The largest absolute Gasteiger partial charge is 0.417 e. The summed E-state index contributed by atoms with van der Waals surface area (Å²) in [5.74, 6) is 1.01. The lowest BCUT2D eigenvalue weighted by atomic mass is 10.2. The second-order valence-electron chi connectivity index (χ2n) is 4.20. The van der Waals surface area contributed by atoms with Gasteiger partial charge in [0, 0.05) is 16.1 Å². The van der Waals surface area contributed by atoms with Gasteiger partial charge in [0.2, 0.25) is 11.8 Å². The van der Waals surface area contributed by atoms with E-state index in [1.165, 1.54) is 0 Å². The predicted octanol–water partition coefficient (Wildman–Crippen LogP) is 4.67. The van der Waals surface area contributed by atoms with Crippen LogP contribution in [0, 0.1) is 0 Å². The van der Waals surface area contributed by atoms with Crippen LogP contribution >= 0.6 is 15.9 Å². The lowest BCUT2D eigenvalue weighted by Gasteiger charge is -1.93. The van der Waals surface area contributed by atoms with Crippen molar-refractivity contribution < 1.29 is 4.42 Å². The minimum Gasteiger partial charge on any atom is -0.417 e. The SMILES string of the molecule is Brc1ccc(-c2nnc(/C=C/c3ccccc3)o2)cc1. The first-order chi connectivity index (χ1) is 9.81. The molecule has 0 saturated carbocycles. The van der Waals surface area contributed by atoms with Gasteiger partial charge in [0.1, 0.15) is 0 Å². The van der Waals surface area contributed by atoms with E-state index in [1.54, 1.807) is 0 Å². The van der Waals surface area contributed by atoms with Crippen LogP contribution in [0.5, 0.6) is 0 Å². The molecular weight excluding hydrogens is 316 g/mol. The number of hydrogen-bond donors (Lipinski definition) is 0. The summed E-state index contributed by atoms with van der Waals surface area (Å²) in [5.41, 5.74) is 2.00. The molecule has 0 N–H and O–H groups in total. The molecular formula is C16H11BrN2O. The second kappa shape index (κ2) is 5.84. The van der Waals surface area contributed by atoms with Gasteiger partial charge in [-0.25, -0.2) is 0 Å². The van der Waals surface area contributed by atoms with Gasteiger partial charge in [0.15, 0.2) is 0 Å². The lowest BCUT2D eigenvalue weighted by molar-refractivity contribution is 0.558. The number of nitrogens with zero attached hydrogens (tertiary/aromatic N) is 2. The molecule has 0 atom stereocenters. The van der Waals surface area contributed by atoms with Crippen molar-refractivity contribution in [3.05, 3.63) is 70.5 Å². The topological polar surface area (TPSA) is 38.9 Å². The van der Waals surface area contributed by atoms with Crippen LogP contribution in [0.1, 0.15) is 11.5 Å². The van der Waals surface area contributed by atoms with Crippen molar-refractivity contribution in [2.75, 3.05) is 0 Å². The van der Waals surface area contributed by atoms with Crippen LogP contribution in [0.25, 0.3) is 23.6 Å². The first-order valence-corrected chi connectivity index (χ1v) is 6.93. The molecule has 0 unspecified atom stereocenters. The Balaban J connectivity index is 1.80. The van der Waals surface area contributed by atoms with Crippen molar-refractivity contribution in [3.63, 3.8) is 0 Å². The van der Waals surface area contributed by atoms with Gasteiger partial charge in [0.25, 0.3) is 0 Å². The van der Waals surface area contributed by atoms with Crippen LogP contribution < -0.4 is 0 Å². The summed E-state index contributed by atoms with van der Waals surface area (Å²) >= 11 is 3.40. The minimum absolute atomic E-state index is 0.492. The van der Waals surface area contributed by atoms with E-state index in [0.717, 1.165) is 15.6 Å². The van der Waals surface area contributed by atoms with Crippen LogP contribution in [0.3, 0.4) is 0 Å². The highest BCUT2D eigenvalue weighted by molar-refractivity contribution is 9.10. The molecule has 4 heteroatoms. The molecule has 0 bridgehead atoms. The zero-order valence-electron chi connectivity index (χ0n) is 10.5. The number of rotatable bonds is 3. The quantitative estimate of drug-likeness (QED) is 0.702. The van der Waals surface area contributed by atoms with Gasteiger partial charge in [-0.3, -0.25) is 0 Å². The van der Waals surface area contributed by atoms with Crippen molar-refractivity contribution in [1.29, 1.82) is 0 Å². The standard InChI is InChI=1S/C16H11BrN2O/c17-14-9-7-13(8-10-14)16-19-18-15(20-16)11-6-12-4-2-1-3-5-12/h1-11H/b11-6+. The van der Waals surface area contributed by atoms with E-state index in [-0.39, 0.29) is 0 Å². The molecule has 0 radical (unpaired) electrons. The average molecular weight is 327 g/mol. The molecule has 3 rings (SSSR count). The van der Waals surface area contributed by atoms with Crippen molar-refractivity contribution >= 4 is 28.1 Å². The Morgan fingerprint density at radius 3 is 2.35 bits per heavy atom. The summed E-state index contributed by atoms with van der Waals surface area (Å²) < 4.78 is 6.63. The molecule has 20 heavy (non-hydrogen) atoms. The number of benzene rings is 2. The summed E-state index contributed by atoms with van der Waals surface area (Å²) in [6.07, 6.45) is 3.75. The molecule has 0 fully saturated rings. The summed E-state index contributed by atoms with van der Waals surface area (Å²) in [4.78, 5) is 0. The summed E-state index contributed by atoms with van der Waals surface area (Å²) in [6.45, 7) is 0. The van der Waals surface area contributed by atoms with Crippen LogP contribution in [-0.2, 0) is 0 Å². The lowest BCUT2D eigenvalue weighted by Crippen LogP contribution is -1.76. The van der Waals surface area contributed by atoms with E-state index in [9.17, 15) is 0 Å². The predicted molar refractivity (Wildman–Crippen MR) is 82.8 cm³/mol. The van der Waals surface area contributed by atoms with E-state index < -0.39 is 0 Å². The maximum Gasteiger partial charge on any atom is 0.248 e. The second-order valence-corrected chi connectivity index (χ2v) is 5.11. The Hall–Kier alpha value is -2.20. The zero-order chi connectivity index (χ0) is 13.8. The summed E-state index contributed by atoms with van der Waals surface area (Å²) in [5, 5.41) is 8.06. The van der Waals surface area contributed by atoms with E-state index in [4.69, 9.17) is 4.42 Å². The van der Waals surface area contributed by atoms with Gasteiger partial charge in [-0.15, -0.1) is 10.2 Å². The molecule has 2 aromatic carbocycles. The average Bonchev–Trinajstić information content (AvgIpc) is 2.96. The van der Waals surface area contributed by atoms with Gasteiger partial charge >= 0.3 is 0 Å². The third-order valence-corrected chi connectivity index (χ3v) is 3.28. The van der Waals surface area contributed by atoms with Gasteiger partial charge in [-0.1, -0.05) is 46.3 Å². The molecule has 0 amide bonds. The maximum absolute atomic E-state index is 5.61. The summed E-state index contributed by atoms with van der Waals surface area (Å²) in [6, 6.07) is 17.7. The van der Waals surface area contributed by atoms with Gasteiger partial charge < -0.3 is 4.42 Å². The van der Waals surface area contributed by atoms with E-state index in [1.807, 2.05) is 66.7 Å². The Bertz CT molecular complexity index is 718. The van der Waals surface area contributed by atoms with Crippen molar-refractivity contribution in [2.45, 2.75) is 0 Å². The fourth-order valence-electron chi connectivity index (χ4n) is 1.74. The van der Waals surface area contributed by atoms with Crippen LogP contribution in [0.15, 0.2) is 63.5 Å². The molecule has 0 aliphatic rings. The third-order valence-electron chi connectivity index (χ3n) is 2.75. The van der Waals surface area contributed by atoms with Crippen molar-refractivity contribution in [3.8, 4) is 11.5 Å². The smallest absolute Gasteiger partial charge is 0.248 e. The molecule has 0 saturated heterocycles. The number of hydrogen-bond acceptors (Lipinski definition) is 3. The first-order valence-electron chi connectivity index (χ1n) is 6.14.